The minimum absolute atomic E-state index is 0.0527. The van der Waals surface area contributed by atoms with Gasteiger partial charge < -0.3 is 20.5 Å². The van der Waals surface area contributed by atoms with Crippen molar-refractivity contribution in [1.82, 2.24) is 24.4 Å². The topological polar surface area (TPSA) is 124 Å². The van der Waals surface area contributed by atoms with Gasteiger partial charge in [-0.2, -0.15) is 4.98 Å². The molecular formula is C34H38ClFN6O3. The third kappa shape index (κ3) is 6.98. The maximum atomic E-state index is 15.1. The Balaban J connectivity index is 1.18. The van der Waals surface area contributed by atoms with Crippen LogP contribution in [0.3, 0.4) is 0 Å². The summed E-state index contributed by atoms with van der Waals surface area (Å²) in [5.41, 5.74) is 9.41. The second kappa shape index (κ2) is 13.2. The molecule has 3 atom stereocenters. The molecule has 0 radical (unpaired) electrons. The first-order valence-corrected chi connectivity index (χ1v) is 15.9. The van der Waals surface area contributed by atoms with Crippen molar-refractivity contribution in [3.63, 3.8) is 0 Å². The van der Waals surface area contributed by atoms with Gasteiger partial charge in [0.05, 0.1) is 16.4 Å². The van der Waals surface area contributed by atoms with Crippen molar-refractivity contribution in [3.05, 3.63) is 104 Å². The zero-order valence-corrected chi connectivity index (χ0v) is 26.2. The summed E-state index contributed by atoms with van der Waals surface area (Å²) < 4.78 is 23.4. The van der Waals surface area contributed by atoms with Crippen LogP contribution in [-0.2, 0) is 13.0 Å². The SMILES string of the molecule is Cc1cn(CC[C@@H]2CCC[C@@H](c3ccc(-n4cc5cc(-c6cc(CCC[C@H](C)N)cc(Cl)c6F)[nH]c5nc4=O)cc3)N2)c(=O)o1. The Hall–Kier alpha value is -3.99. The van der Waals surface area contributed by atoms with Gasteiger partial charge in [-0.3, -0.25) is 9.13 Å². The number of aryl methyl sites for hydroxylation is 3. The number of halogens is 2. The monoisotopic (exact) mass is 632 g/mol. The van der Waals surface area contributed by atoms with Crippen LogP contribution in [0.15, 0.2) is 68.9 Å². The fourth-order valence-corrected chi connectivity index (χ4v) is 6.50. The van der Waals surface area contributed by atoms with E-state index >= 15 is 4.39 Å². The Bertz CT molecular complexity index is 1920. The smallest absolute Gasteiger partial charge is 0.413 e. The first-order valence-electron chi connectivity index (χ1n) is 15.5. The van der Waals surface area contributed by atoms with E-state index in [9.17, 15) is 9.59 Å². The highest BCUT2D eigenvalue weighted by atomic mass is 35.5. The number of H-pyrrole nitrogens is 1. The van der Waals surface area contributed by atoms with Gasteiger partial charge in [0.2, 0.25) is 0 Å². The van der Waals surface area contributed by atoms with Gasteiger partial charge in [-0.15, -0.1) is 0 Å². The van der Waals surface area contributed by atoms with Crippen molar-refractivity contribution in [2.24, 2.45) is 5.73 Å². The molecule has 1 saturated heterocycles. The van der Waals surface area contributed by atoms with Crippen molar-refractivity contribution in [2.45, 2.75) is 83.5 Å². The second-order valence-corrected chi connectivity index (χ2v) is 12.6. The normalized spacial score (nSPS) is 17.6. The molecule has 1 aliphatic heterocycles. The minimum atomic E-state index is -0.519. The fraction of sp³-hybridized carbons (Fsp3) is 0.382. The molecule has 0 amide bonds. The van der Waals surface area contributed by atoms with Crippen LogP contribution in [0.2, 0.25) is 5.02 Å². The molecule has 236 valence electrons. The first-order chi connectivity index (χ1) is 21.6. The van der Waals surface area contributed by atoms with E-state index in [1.165, 1.54) is 4.57 Å². The number of aromatic nitrogens is 4. The molecule has 11 heteroatoms. The van der Waals surface area contributed by atoms with Crippen LogP contribution in [0.1, 0.15) is 68.4 Å². The number of hydrogen-bond acceptors (Lipinski definition) is 6. The summed E-state index contributed by atoms with van der Waals surface area (Å²) >= 11 is 6.26. The predicted molar refractivity (Wildman–Crippen MR) is 175 cm³/mol. The molecule has 45 heavy (non-hydrogen) atoms. The molecule has 1 fully saturated rings. The molecule has 4 heterocycles. The van der Waals surface area contributed by atoms with E-state index in [1.807, 2.05) is 31.2 Å². The molecule has 1 aliphatic rings. The Morgan fingerprint density at radius 3 is 2.69 bits per heavy atom. The lowest BCUT2D eigenvalue weighted by molar-refractivity contribution is 0.300. The summed E-state index contributed by atoms with van der Waals surface area (Å²) in [6.45, 7) is 4.35. The molecule has 4 N–H and O–H groups in total. The van der Waals surface area contributed by atoms with Gasteiger partial charge in [0.1, 0.15) is 11.4 Å². The van der Waals surface area contributed by atoms with Gasteiger partial charge in [-0.25, -0.2) is 14.0 Å². The van der Waals surface area contributed by atoms with Gasteiger partial charge in [0.15, 0.2) is 5.82 Å². The van der Waals surface area contributed by atoms with Crippen LogP contribution in [0, 0.1) is 12.7 Å². The average Bonchev–Trinajstić information content (AvgIpc) is 3.58. The Labute approximate surface area is 265 Å². The molecule has 0 saturated carbocycles. The molecule has 9 nitrogen and oxygen atoms in total. The number of nitrogens with zero attached hydrogens (tertiary/aromatic N) is 3. The molecule has 0 spiro atoms. The van der Waals surface area contributed by atoms with Crippen LogP contribution in [0.5, 0.6) is 0 Å². The van der Waals surface area contributed by atoms with Crippen molar-refractivity contribution >= 4 is 22.6 Å². The number of oxazole rings is 1. The number of fused-ring (bicyclic) bond motifs is 1. The van der Waals surface area contributed by atoms with Gasteiger partial charge in [0.25, 0.3) is 0 Å². The fourth-order valence-electron chi connectivity index (χ4n) is 6.26. The van der Waals surface area contributed by atoms with E-state index in [2.05, 4.69) is 15.3 Å². The highest BCUT2D eigenvalue weighted by Crippen LogP contribution is 2.32. The van der Waals surface area contributed by atoms with Crippen LogP contribution < -0.4 is 22.5 Å². The van der Waals surface area contributed by atoms with Crippen molar-refractivity contribution in [2.75, 3.05) is 0 Å². The summed E-state index contributed by atoms with van der Waals surface area (Å²) in [5.74, 6) is -0.217. The zero-order chi connectivity index (χ0) is 31.7. The van der Waals surface area contributed by atoms with Gasteiger partial charge in [-0.05, 0) is 93.8 Å². The first kappa shape index (κ1) is 31.0. The van der Waals surface area contributed by atoms with Gasteiger partial charge in [-0.1, -0.05) is 30.2 Å². The standard InChI is InChI=1S/C34H38ClFN6O3/c1-20(37)5-3-6-22-15-27(31(36)28(35)16-22)30-17-24-19-42(33(43)40-32(24)39-30)26-11-9-23(10-12-26)29-8-4-7-25(38-29)13-14-41-18-21(2)45-34(41)44/h9-12,15-20,25,29,38H,3-8,13-14,37H2,1-2H3,(H,39,40,43)/t20-,25-,29-/m0/s1. The van der Waals surface area contributed by atoms with Crippen LogP contribution in [0.4, 0.5) is 4.39 Å². The second-order valence-electron chi connectivity index (χ2n) is 12.2. The third-order valence-corrected chi connectivity index (χ3v) is 8.88. The van der Waals surface area contributed by atoms with Crippen LogP contribution in [0.25, 0.3) is 28.0 Å². The summed E-state index contributed by atoms with van der Waals surface area (Å²) in [6.07, 6.45) is 9.92. The lowest BCUT2D eigenvalue weighted by atomic mass is 9.92. The lowest BCUT2D eigenvalue weighted by Crippen LogP contribution is -2.38. The van der Waals surface area contributed by atoms with Gasteiger partial charge >= 0.3 is 11.4 Å². The largest absolute Gasteiger partial charge is 0.419 e. The number of nitrogens with two attached hydrogens (primary N) is 1. The van der Waals surface area contributed by atoms with Crippen molar-refractivity contribution in [3.8, 4) is 16.9 Å². The quantitative estimate of drug-likeness (QED) is 0.169. The Morgan fingerprint density at radius 2 is 1.96 bits per heavy atom. The van der Waals surface area contributed by atoms with E-state index in [-0.39, 0.29) is 28.9 Å². The van der Waals surface area contributed by atoms with E-state index in [4.69, 9.17) is 21.8 Å². The summed E-state index contributed by atoms with van der Waals surface area (Å²) in [5, 5.41) is 4.46. The molecule has 5 aromatic rings. The molecule has 2 aromatic carbocycles. The summed E-state index contributed by atoms with van der Waals surface area (Å²) in [7, 11) is 0. The summed E-state index contributed by atoms with van der Waals surface area (Å²) in [6, 6.07) is 13.7. The van der Waals surface area contributed by atoms with E-state index < -0.39 is 11.5 Å². The van der Waals surface area contributed by atoms with Crippen LogP contribution in [-0.4, -0.2) is 31.2 Å². The maximum absolute atomic E-state index is 15.1. The number of aromatic amines is 1. The van der Waals surface area contributed by atoms with Gasteiger partial charge in [0, 0.05) is 48.0 Å². The van der Waals surface area contributed by atoms with Crippen molar-refractivity contribution < 1.29 is 8.81 Å². The van der Waals surface area contributed by atoms with E-state index in [1.54, 1.807) is 42.1 Å². The maximum Gasteiger partial charge on any atom is 0.419 e. The molecule has 0 aliphatic carbocycles. The number of hydrogen-bond donors (Lipinski definition) is 3. The average molecular weight is 633 g/mol. The number of piperidine rings is 1. The minimum Gasteiger partial charge on any atom is -0.413 e. The number of benzene rings is 2. The molecule has 6 rings (SSSR count). The highest BCUT2D eigenvalue weighted by molar-refractivity contribution is 6.31. The number of nitrogens with one attached hydrogen (secondary N) is 2. The molecular weight excluding hydrogens is 595 g/mol. The van der Waals surface area contributed by atoms with E-state index in [0.717, 1.165) is 56.1 Å². The lowest BCUT2D eigenvalue weighted by Gasteiger charge is -2.31. The van der Waals surface area contributed by atoms with Crippen LogP contribution >= 0.6 is 11.6 Å². The molecule has 3 aromatic heterocycles. The van der Waals surface area contributed by atoms with E-state index in [0.29, 0.717) is 40.3 Å². The number of rotatable bonds is 10. The highest BCUT2D eigenvalue weighted by Gasteiger charge is 2.23. The summed E-state index contributed by atoms with van der Waals surface area (Å²) in [4.78, 5) is 32.3. The molecule has 0 unspecified atom stereocenters. The molecule has 0 bridgehead atoms. The third-order valence-electron chi connectivity index (χ3n) is 8.61. The Kier molecular flexibility index (Phi) is 9.07. The Morgan fingerprint density at radius 1 is 1.16 bits per heavy atom. The van der Waals surface area contributed by atoms with Crippen molar-refractivity contribution in [1.29, 1.82) is 0 Å². The zero-order valence-electron chi connectivity index (χ0n) is 25.5. The predicted octanol–water partition coefficient (Wildman–Crippen LogP) is 6.18.